The van der Waals surface area contributed by atoms with Crippen LogP contribution in [0.2, 0.25) is 0 Å². The fraction of sp³-hybridized carbons (Fsp3) is 0.333. The Bertz CT molecular complexity index is 667. The molecule has 0 saturated carbocycles. The van der Waals surface area contributed by atoms with E-state index in [1.54, 1.807) is 0 Å². The van der Waals surface area contributed by atoms with Gasteiger partial charge in [-0.3, -0.25) is 0 Å². The molecule has 111 valence electrons. The lowest BCUT2D eigenvalue weighted by molar-refractivity contribution is 0.00578. The molecule has 0 amide bonds. The molecule has 0 unspecified atom stereocenters. The zero-order chi connectivity index (χ0) is 16.0. The van der Waals surface area contributed by atoms with Crippen molar-refractivity contribution in [2.24, 2.45) is 0 Å². The molecular formula is C18H20BO2Si. The van der Waals surface area contributed by atoms with Gasteiger partial charge in [0.1, 0.15) is 0 Å². The molecule has 3 rings (SSSR count). The van der Waals surface area contributed by atoms with E-state index in [2.05, 4.69) is 62.2 Å². The van der Waals surface area contributed by atoms with Gasteiger partial charge in [0.15, 0.2) is 0 Å². The highest BCUT2D eigenvalue weighted by molar-refractivity contribution is 6.68. The first kappa shape index (κ1) is 15.5. The van der Waals surface area contributed by atoms with E-state index in [1.165, 1.54) is 5.56 Å². The monoisotopic (exact) mass is 307 g/mol. The summed E-state index contributed by atoms with van der Waals surface area (Å²) in [7, 11) is 3.44. The number of benzene rings is 2. The molecule has 1 saturated heterocycles. The lowest BCUT2D eigenvalue weighted by Gasteiger charge is -2.32. The second kappa shape index (κ2) is 5.37. The maximum atomic E-state index is 6.17. The summed E-state index contributed by atoms with van der Waals surface area (Å²) in [5.41, 5.74) is 2.67. The van der Waals surface area contributed by atoms with Crippen LogP contribution in [0.15, 0.2) is 48.5 Å². The lowest BCUT2D eigenvalue weighted by atomic mass is 9.77. The predicted molar refractivity (Wildman–Crippen MR) is 93.0 cm³/mol. The average Bonchev–Trinajstić information content (AvgIpc) is 2.68. The molecule has 0 bridgehead atoms. The van der Waals surface area contributed by atoms with Gasteiger partial charge in [0, 0.05) is 0 Å². The van der Waals surface area contributed by atoms with E-state index in [0.717, 1.165) is 16.2 Å². The summed E-state index contributed by atoms with van der Waals surface area (Å²) >= 11 is 0. The molecule has 0 aliphatic carbocycles. The van der Waals surface area contributed by atoms with Gasteiger partial charge >= 0.3 is 7.12 Å². The number of rotatable bonds is 2. The molecular weight excluding hydrogens is 287 g/mol. The second-order valence-corrected chi connectivity index (χ2v) is 7.22. The van der Waals surface area contributed by atoms with Crippen molar-refractivity contribution in [2.45, 2.75) is 38.9 Å². The van der Waals surface area contributed by atoms with Gasteiger partial charge in [0.25, 0.3) is 0 Å². The van der Waals surface area contributed by atoms with Crippen LogP contribution in [0.5, 0.6) is 0 Å². The largest absolute Gasteiger partial charge is 0.494 e. The first-order chi connectivity index (χ1) is 10.3. The molecule has 1 heterocycles. The molecule has 4 heteroatoms. The van der Waals surface area contributed by atoms with Crippen LogP contribution in [0.3, 0.4) is 0 Å². The molecule has 1 aliphatic heterocycles. The van der Waals surface area contributed by atoms with Crippen molar-refractivity contribution in [1.29, 1.82) is 0 Å². The van der Waals surface area contributed by atoms with E-state index in [9.17, 15) is 0 Å². The Morgan fingerprint density at radius 3 is 2.00 bits per heavy atom. The SMILES string of the molecule is CC1(C)OB(c2cccc(-c3ccccc3)c2[Si])OC1(C)C. The normalized spacial score (nSPS) is 19.4. The molecule has 0 aromatic heterocycles. The van der Waals surface area contributed by atoms with E-state index < -0.39 is 0 Å². The smallest absolute Gasteiger partial charge is 0.399 e. The van der Waals surface area contributed by atoms with Gasteiger partial charge in [-0.05, 0) is 44.3 Å². The van der Waals surface area contributed by atoms with Gasteiger partial charge in [-0.25, -0.2) is 0 Å². The third-order valence-electron chi connectivity index (χ3n) is 4.69. The first-order valence-corrected chi connectivity index (χ1v) is 8.07. The van der Waals surface area contributed by atoms with Crippen LogP contribution in [0, 0.1) is 0 Å². The number of hydrogen-bond acceptors (Lipinski definition) is 2. The van der Waals surface area contributed by atoms with Gasteiger partial charge in [-0.15, -0.1) is 0 Å². The molecule has 0 N–H and O–H groups in total. The van der Waals surface area contributed by atoms with Gasteiger partial charge in [0.2, 0.25) is 0 Å². The summed E-state index contributed by atoms with van der Waals surface area (Å²) < 4.78 is 12.3. The van der Waals surface area contributed by atoms with Gasteiger partial charge in [-0.2, -0.15) is 0 Å². The molecule has 0 atom stereocenters. The van der Waals surface area contributed by atoms with Crippen LogP contribution in [0.25, 0.3) is 11.1 Å². The van der Waals surface area contributed by atoms with Crippen LogP contribution in [0.1, 0.15) is 27.7 Å². The molecule has 2 aromatic carbocycles. The third-order valence-corrected chi connectivity index (χ3v) is 5.25. The topological polar surface area (TPSA) is 18.5 Å². The summed E-state index contributed by atoms with van der Waals surface area (Å²) in [6.07, 6.45) is 0. The highest BCUT2D eigenvalue weighted by atomic mass is 28.1. The fourth-order valence-corrected chi connectivity index (χ4v) is 3.02. The Labute approximate surface area is 136 Å². The standard InChI is InChI=1S/C18H20BO2Si/c1-17(2)18(3,4)21-19(20-17)15-12-8-11-14(16(15)22)13-9-6-5-7-10-13/h5-12H,1-4H3. The molecule has 1 aliphatic rings. The summed E-state index contributed by atoms with van der Waals surface area (Å²) in [5, 5.41) is 1.02. The van der Waals surface area contributed by atoms with Gasteiger partial charge < -0.3 is 9.31 Å². The summed E-state index contributed by atoms with van der Waals surface area (Å²) in [6.45, 7) is 8.28. The minimum Gasteiger partial charge on any atom is -0.399 e. The van der Waals surface area contributed by atoms with Crippen LogP contribution in [-0.2, 0) is 9.31 Å². The minimum atomic E-state index is -0.360. The summed E-state index contributed by atoms with van der Waals surface area (Å²) in [4.78, 5) is 0. The Morgan fingerprint density at radius 2 is 1.41 bits per heavy atom. The van der Waals surface area contributed by atoms with Crippen LogP contribution >= 0.6 is 0 Å². The van der Waals surface area contributed by atoms with Crippen molar-refractivity contribution in [1.82, 2.24) is 0 Å². The first-order valence-electron chi connectivity index (χ1n) is 7.57. The van der Waals surface area contributed by atoms with Crippen molar-refractivity contribution in [3.63, 3.8) is 0 Å². The molecule has 3 radical (unpaired) electrons. The summed E-state index contributed by atoms with van der Waals surface area (Å²) in [5.74, 6) is 0. The summed E-state index contributed by atoms with van der Waals surface area (Å²) in [6, 6.07) is 16.5. The zero-order valence-corrected chi connectivity index (χ0v) is 14.5. The van der Waals surface area contributed by atoms with Crippen molar-refractivity contribution in [2.75, 3.05) is 0 Å². The van der Waals surface area contributed by atoms with Crippen molar-refractivity contribution in [3.8, 4) is 11.1 Å². The molecule has 1 fully saturated rings. The molecule has 22 heavy (non-hydrogen) atoms. The quantitative estimate of drug-likeness (QED) is 0.794. The fourth-order valence-electron chi connectivity index (χ4n) is 2.59. The van der Waals surface area contributed by atoms with Crippen molar-refractivity contribution < 1.29 is 9.31 Å². The van der Waals surface area contributed by atoms with Crippen LogP contribution in [0.4, 0.5) is 0 Å². The Morgan fingerprint density at radius 1 is 0.818 bits per heavy atom. The van der Waals surface area contributed by atoms with Crippen LogP contribution < -0.4 is 10.6 Å². The third kappa shape index (κ3) is 2.56. The van der Waals surface area contributed by atoms with Crippen molar-refractivity contribution in [3.05, 3.63) is 48.5 Å². The molecule has 2 nitrogen and oxygen atoms in total. The predicted octanol–water partition coefficient (Wildman–Crippen LogP) is 2.45. The average molecular weight is 307 g/mol. The van der Waals surface area contributed by atoms with Crippen molar-refractivity contribution >= 4 is 28.0 Å². The highest BCUT2D eigenvalue weighted by Crippen LogP contribution is 2.36. The van der Waals surface area contributed by atoms with Gasteiger partial charge in [-0.1, -0.05) is 53.7 Å². The Kier molecular flexibility index (Phi) is 3.79. The number of hydrogen-bond donors (Lipinski definition) is 0. The Hall–Kier alpha value is -1.36. The second-order valence-electron chi connectivity index (χ2n) is 6.72. The maximum absolute atomic E-state index is 6.17. The van der Waals surface area contributed by atoms with E-state index in [-0.39, 0.29) is 18.3 Å². The van der Waals surface area contributed by atoms with E-state index in [0.29, 0.717) is 0 Å². The molecule has 2 aromatic rings. The van der Waals surface area contributed by atoms with E-state index in [1.807, 2.05) is 24.3 Å². The lowest BCUT2D eigenvalue weighted by Crippen LogP contribution is -2.44. The Balaban J connectivity index is 2.01. The van der Waals surface area contributed by atoms with E-state index in [4.69, 9.17) is 9.31 Å². The maximum Gasteiger partial charge on any atom is 0.494 e. The van der Waals surface area contributed by atoms with E-state index >= 15 is 0 Å². The minimum absolute atomic E-state index is 0.334. The highest BCUT2D eigenvalue weighted by Gasteiger charge is 2.52. The molecule has 0 spiro atoms. The van der Waals surface area contributed by atoms with Gasteiger partial charge in [0.05, 0.1) is 21.4 Å². The van der Waals surface area contributed by atoms with Crippen LogP contribution in [-0.4, -0.2) is 28.6 Å². The zero-order valence-electron chi connectivity index (χ0n) is 13.5.